The van der Waals surface area contributed by atoms with Crippen LogP contribution in [0.4, 0.5) is 0 Å². The highest BCUT2D eigenvalue weighted by atomic mass is 35.5. The second kappa shape index (κ2) is 6.32. The first-order valence-electron chi connectivity index (χ1n) is 8.52. The second-order valence-electron chi connectivity index (χ2n) is 6.76. The monoisotopic (exact) mass is 374 g/mol. The second-order valence-corrected chi connectivity index (χ2v) is 7.16. The average molecular weight is 375 g/mol. The van der Waals surface area contributed by atoms with Gasteiger partial charge in [-0.15, -0.1) is 0 Å². The molecular weight excluding hydrogens is 356 g/mol. The number of benzene rings is 1. The number of para-hydroxylation sites is 1. The minimum atomic E-state index is -0.507. The van der Waals surface area contributed by atoms with Crippen molar-refractivity contribution < 1.29 is 14.3 Å². The van der Waals surface area contributed by atoms with Crippen LogP contribution in [0.3, 0.4) is 0 Å². The van der Waals surface area contributed by atoms with Crippen LogP contribution in [0.1, 0.15) is 33.7 Å². The lowest BCUT2D eigenvalue weighted by Crippen LogP contribution is -2.54. The fourth-order valence-corrected chi connectivity index (χ4v) is 3.76. The Labute approximate surface area is 155 Å². The maximum atomic E-state index is 12.7. The lowest BCUT2D eigenvalue weighted by molar-refractivity contribution is 0.00750. The van der Waals surface area contributed by atoms with E-state index in [4.69, 9.17) is 16.3 Å². The van der Waals surface area contributed by atoms with Crippen molar-refractivity contribution in [1.29, 1.82) is 0 Å². The molecule has 0 bridgehead atoms. The summed E-state index contributed by atoms with van der Waals surface area (Å²) < 4.78 is 7.78. The summed E-state index contributed by atoms with van der Waals surface area (Å²) in [6, 6.07) is 7.24. The predicted octanol–water partition coefficient (Wildman–Crippen LogP) is 1.87. The number of fused-ring (bicyclic) bond motifs is 1. The molecule has 0 radical (unpaired) electrons. The first kappa shape index (κ1) is 16.9. The number of aromatic nitrogens is 2. The maximum absolute atomic E-state index is 12.7. The number of nitrogens with one attached hydrogen (secondary N) is 1. The summed E-state index contributed by atoms with van der Waals surface area (Å²) in [5, 5.41) is 7.45. The van der Waals surface area contributed by atoms with Crippen molar-refractivity contribution >= 4 is 23.4 Å². The summed E-state index contributed by atoms with van der Waals surface area (Å²) in [7, 11) is 1.73. The van der Waals surface area contributed by atoms with Crippen LogP contribution < -0.4 is 10.1 Å². The van der Waals surface area contributed by atoms with Crippen molar-refractivity contribution in [3.05, 3.63) is 46.7 Å². The maximum Gasteiger partial charge on any atom is 0.275 e. The fraction of sp³-hybridized carbons (Fsp3) is 0.389. The van der Waals surface area contributed by atoms with Gasteiger partial charge in [0.2, 0.25) is 0 Å². The SMILES string of the molecule is Cn1cc(Cl)c(C(=O)N2CCC3(CC2)CNC(=O)c2ccccc2O3)n1. The van der Waals surface area contributed by atoms with Gasteiger partial charge in [-0.1, -0.05) is 23.7 Å². The molecule has 136 valence electrons. The molecule has 2 aliphatic heterocycles. The Kier molecular flexibility index (Phi) is 4.11. The van der Waals surface area contributed by atoms with Crippen LogP contribution in [-0.2, 0) is 7.05 Å². The van der Waals surface area contributed by atoms with Crippen LogP contribution in [-0.4, -0.2) is 51.7 Å². The number of amides is 2. The summed E-state index contributed by atoms with van der Waals surface area (Å²) in [5.74, 6) is 0.287. The summed E-state index contributed by atoms with van der Waals surface area (Å²) in [6.45, 7) is 1.46. The number of likely N-dealkylation sites (tertiary alicyclic amines) is 1. The van der Waals surface area contributed by atoms with Gasteiger partial charge in [0.05, 0.1) is 17.1 Å². The Morgan fingerprint density at radius 2 is 2.04 bits per heavy atom. The van der Waals surface area contributed by atoms with E-state index in [9.17, 15) is 9.59 Å². The van der Waals surface area contributed by atoms with E-state index in [1.807, 2.05) is 18.2 Å². The van der Waals surface area contributed by atoms with Gasteiger partial charge in [0.1, 0.15) is 11.4 Å². The van der Waals surface area contributed by atoms with Crippen LogP contribution in [0, 0.1) is 0 Å². The molecule has 1 saturated heterocycles. The quantitative estimate of drug-likeness (QED) is 0.826. The van der Waals surface area contributed by atoms with Gasteiger partial charge >= 0.3 is 0 Å². The molecule has 0 unspecified atom stereocenters. The summed E-state index contributed by atoms with van der Waals surface area (Å²) in [5.41, 5.74) is 0.307. The van der Waals surface area contributed by atoms with Gasteiger partial charge in [0.25, 0.3) is 11.8 Å². The third kappa shape index (κ3) is 2.92. The van der Waals surface area contributed by atoms with Crippen LogP contribution in [0.5, 0.6) is 5.75 Å². The predicted molar refractivity (Wildman–Crippen MR) is 95.5 cm³/mol. The molecule has 1 aromatic heterocycles. The van der Waals surface area contributed by atoms with Crippen molar-refractivity contribution in [1.82, 2.24) is 20.0 Å². The minimum Gasteiger partial charge on any atom is -0.484 e. The number of carbonyl (C=O) groups excluding carboxylic acids is 2. The smallest absolute Gasteiger partial charge is 0.275 e. The number of nitrogens with zero attached hydrogens (tertiary/aromatic N) is 3. The molecule has 8 heteroatoms. The summed E-state index contributed by atoms with van der Waals surface area (Å²) in [6.07, 6.45) is 2.86. The third-order valence-corrected chi connectivity index (χ3v) is 5.25. The van der Waals surface area contributed by atoms with Crippen LogP contribution >= 0.6 is 11.6 Å². The van der Waals surface area contributed by atoms with E-state index in [-0.39, 0.29) is 17.5 Å². The topological polar surface area (TPSA) is 76.5 Å². The number of aryl methyl sites for hydroxylation is 1. The Morgan fingerprint density at radius 3 is 2.73 bits per heavy atom. The molecular formula is C18H19ClN4O3. The highest BCUT2D eigenvalue weighted by Crippen LogP contribution is 2.33. The molecule has 2 amide bonds. The van der Waals surface area contributed by atoms with Gasteiger partial charge in [-0.3, -0.25) is 14.3 Å². The molecule has 1 spiro atoms. The zero-order valence-electron chi connectivity index (χ0n) is 14.4. The van der Waals surface area contributed by atoms with Crippen molar-refractivity contribution in [2.45, 2.75) is 18.4 Å². The van der Waals surface area contributed by atoms with Crippen LogP contribution in [0.15, 0.2) is 30.5 Å². The molecule has 0 aliphatic carbocycles. The molecule has 0 atom stereocenters. The highest BCUT2D eigenvalue weighted by molar-refractivity contribution is 6.33. The molecule has 1 aromatic carbocycles. The van der Waals surface area contributed by atoms with E-state index in [2.05, 4.69) is 10.4 Å². The molecule has 26 heavy (non-hydrogen) atoms. The van der Waals surface area contributed by atoms with Crippen molar-refractivity contribution in [3.8, 4) is 5.75 Å². The number of rotatable bonds is 1. The number of hydrogen-bond donors (Lipinski definition) is 1. The van der Waals surface area contributed by atoms with E-state index in [1.165, 1.54) is 4.68 Å². The number of ether oxygens (including phenoxy) is 1. The number of halogens is 1. The lowest BCUT2D eigenvalue weighted by atomic mass is 9.90. The van der Waals surface area contributed by atoms with Gasteiger partial charge in [-0.2, -0.15) is 5.10 Å². The third-order valence-electron chi connectivity index (χ3n) is 4.98. The summed E-state index contributed by atoms with van der Waals surface area (Å²) >= 11 is 6.09. The van der Waals surface area contributed by atoms with Crippen molar-refractivity contribution in [2.24, 2.45) is 7.05 Å². The largest absolute Gasteiger partial charge is 0.484 e. The Hall–Kier alpha value is -2.54. The zero-order chi connectivity index (χ0) is 18.3. The van der Waals surface area contributed by atoms with Gasteiger partial charge in [0.15, 0.2) is 5.69 Å². The lowest BCUT2D eigenvalue weighted by Gasteiger charge is -2.40. The van der Waals surface area contributed by atoms with E-state index in [0.29, 0.717) is 48.8 Å². The molecule has 2 aliphatic rings. The van der Waals surface area contributed by atoms with Crippen molar-refractivity contribution in [3.63, 3.8) is 0 Å². The Morgan fingerprint density at radius 1 is 1.31 bits per heavy atom. The van der Waals surface area contributed by atoms with Gasteiger partial charge < -0.3 is 15.0 Å². The molecule has 1 fully saturated rings. The normalized spacial score (nSPS) is 18.7. The fourth-order valence-electron chi connectivity index (χ4n) is 3.50. The molecule has 4 rings (SSSR count). The average Bonchev–Trinajstić information content (AvgIpc) is 2.91. The van der Waals surface area contributed by atoms with E-state index in [1.54, 1.807) is 24.2 Å². The number of hydrogen-bond acceptors (Lipinski definition) is 4. The highest BCUT2D eigenvalue weighted by Gasteiger charge is 2.41. The molecule has 7 nitrogen and oxygen atoms in total. The molecule has 1 N–H and O–H groups in total. The first-order chi connectivity index (χ1) is 12.5. The minimum absolute atomic E-state index is 0.128. The molecule has 3 heterocycles. The van der Waals surface area contributed by atoms with Crippen molar-refractivity contribution in [2.75, 3.05) is 19.6 Å². The Balaban J connectivity index is 1.50. The number of carbonyl (C=O) groups is 2. The zero-order valence-corrected chi connectivity index (χ0v) is 15.1. The number of piperidine rings is 1. The Bertz CT molecular complexity index is 871. The van der Waals surface area contributed by atoms with E-state index < -0.39 is 5.60 Å². The van der Waals surface area contributed by atoms with Crippen LogP contribution in [0.25, 0.3) is 0 Å². The molecule has 0 saturated carbocycles. The van der Waals surface area contributed by atoms with Gasteiger partial charge in [-0.05, 0) is 12.1 Å². The molecule has 2 aromatic rings. The van der Waals surface area contributed by atoms with E-state index in [0.717, 1.165) is 0 Å². The summed E-state index contributed by atoms with van der Waals surface area (Å²) in [4.78, 5) is 26.7. The van der Waals surface area contributed by atoms with Gasteiger partial charge in [0, 0.05) is 39.2 Å². The van der Waals surface area contributed by atoms with Crippen LogP contribution in [0.2, 0.25) is 5.02 Å². The first-order valence-corrected chi connectivity index (χ1v) is 8.90. The van der Waals surface area contributed by atoms with Gasteiger partial charge in [-0.25, -0.2) is 0 Å². The standard InChI is InChI=1S/C18H19ClN4O3/c1-22-10-13(19)15(21-22)17(25)23-8-6-18(7-9-23)11-20-16(24)12-4-2-3-5-14(12)26-18/h2-5,10H,6-9,11H2,1H3,(H,20,24). The van der Waals surface area contributed by atoms with E-state index >= 15 is 0 Å².